The quantitative estimate of drug-likeness (QED) is 0.872. The molecule has 1 heterocycles. The minimum absolute atomic E-state index is 0.0619. The van der Waals surface area contributed by atoms with Gasteiger partial charge in [-0.1, -0.05) is 18.2 Å². The number of ether oxygens (including phenoxy) is 2. The van der Waals surface area contributed by atoms with Crippen molar-refractivity contribution in [1.29, 1.82) is 0 Å². The number of nitrogens with zero attached hydrogens (tertiary/aromatic N) is 1. The lowest BCUT2D eigenvalue weighted by molar-refractivity contribution is -0.138. The lowest BCUT2D eigenvalue weighted by Crippen LogP contribution is -2.42. The lowest BCUT2D eigenvalue weighted by Gasteiger charge is -2.24. The smallest absolute Gasteiger partial charge is 0.327 e. The van der Waals surface area contributed by atoms with Crippen LogP contribution in [0.2, 0.25) is 0 Å². The van der Waals surface area contributed by atoms with E-state index in [0.717, 1.165) is 4.31 Å². The van der Waals surface area contributed by atoms with Crippen LogP contribution in [0.1, 0.15) is 5.56 Å². The standard InChI is InChI=1S/C17H17NO6S/c1-23-15-8-7-12(10-16(15)24-2)25(21,22)18-13-6-4-3-5-11(13)9-14(18)17(19)20/h3-8,10,14H,9H2,1-2H3,(H,19,20). The zero-order chi connectivity index (χ0) is 18.2. The number of carbonyl (C=O) groups is 1. The van der Waals surface area contributed by atoms with Crippen LogP contribution in [0.25, 0.3) is 0 Å². The summed E-state index contributed by atoms with van der Waals surface area (Å²) in [6, 6.07) is 9.76. The summed E-state index contributed by atoms with van der Waals surface area (Å²) in [7, 11) is -1.24. The number of benzene rings is 2. The summed E-state index contributed by atoms with van der Waals surface area (Å²) in [6.07, 6.45) is 0.123. The largest absolute Gasteiger partial charge is 0.493 e. The van der Waals surface area contributed by atoms with Crippen molar-refractivity contribution in [2.24, 2.45) is 0 Å². The molecule has 3 rings (SSSR count). The fourth-order valence-electron chi connectivity index (χ4n) is 2.93. The van der Waals surface area contributed by atoms with Crippen molar-refractivity contribution >= 4 is 21.7 Å². The van der Waals surface area contributed by atoms with Crippen LogP contribution in [0.15, 0.2) is 47.4 Å². The molecule has 1 unspecified atom stereocenters. The molecule has 7 nitrogen and oxygen atoms in total. The molecule has 2 aromatic rings. The predicted octanol–water partition coefficient (Wildman–Crippen LogP) is 1.91. The highest BCUT2D eigenvalue weighted by Gasteiger charge is 2.42. The Labute approximate surface area is 145 Å². The first-order valence-electron chi connectivity index (χ1n) is 7.47. The number of anilines is 1. The molecule has 2 aromatic carbocycles. The molecule has 1 atom stereocenters. The molecule has 0 amide bonds. The maximum Gasteiger partial charge on any atom is 0.327 e. The SMILES string of the molecule is COc1ccc(S(=O)(=O)N2c3ccccc3CC2C(=O)O)cc1OC. The summed E-state index contributed by atoms with van der Waals surface area (Å²) >= 11 is 0. The van der Waals surface area contributed by atoms with E-state index in [1.165, 1.54) is 32.4 Å². The molecular weight excluding hydrogens is 346 g/mol. The second kappa shape index (κ2) is 6.29. The first-order valence-corrected chi connectivity index (χ1v) is 8.91. The number of sulfonamides is 1. The molecule has 8 heteroatoms. The van der Waals surface area contributed by atoms with Crippen molar-refractivity contribution in [2.45, 2.75) is 17.4 Å². The number of methoxy groups -OCH3 is 2. The fourth-order valence-corrected chi connectivity index (χ4v) is 4.59. The minimum Gasteiger partial charge on any atom is -0.493 e. The third-order valence-electron chi connectivity index (χ3n) is 4.12. The van der Waals surface area contributed by atoms with Crippen molar-refractivity contribution in [3.63, 3.8) is 0 Å². The van der Waals surface area contributed by atoms with E-state index in [4.69, 9.17) is 9.47 Å². The van der Waals surface area contributed by atoms with Gasteiger partial charge in [-0.3, -0.25) is 4.31 Å². The predicted molar refractivity (Wildman–Crippen MR) is 90.8 cm³/mol. The van der Waals surface area contributed by atoms with Crippen molar-refractivity contribution in [3.8, 4) is 11.5 Å². The summed E-state index contributed by atoms with van der Waals surface area (Å²) in [5.74, 6) is -0.554. The van der Waals surface area contributed by atoms with E-state index in [1.807, 2.05) is 0 Å². The van der Waals surface area contributed by atoms with E-state index in [9.17, 15) is 18.3 Å². The Kier molecular flexibility index (Phi) is 4.30. The van der Waals surface area contributed by atoms with Crippen molar-refractivity contribution in [2.75, 3.05) is 18.5 Å². The van der Waals surface area contributed by atoms with Gasteiger partial charge in [-0.15, -0.1) is 0 Å². The van der Waals surface area contributed by atoms with Gasteiger partial charge in [0.15, 0.2) is 11.5 Å². The maximum atomic E-state index is 13.1. The summed E-state index contributed by atoms with van der Waals surface area (Å²) in [6.45, 7) is 0. The molecule has 1 N–H and O–H groups in total. The Morgan fingerprint density at radius 1 is 1.12 bits per heavy atom. The van der Waals surface area contributed by atoms with E-state index >= 15 is 0 Å². The van der Waals surface area contributed by atoms with Crippen LogP contribution in [0, 0.1) is 0 Å². The Morgan fingerprint density at radius 3 is 2.44 bits per heavy atom. The van der Waals surface area contributed by atoms with Crippen LogP contribution < -0.4 is 13.8 Å². The molecule has 0 bridgehead atoms. The van der Waals surface area contributed by atoms with E-state index in [0.29, 0.717) is 17.0 Å². The van der Waals surface area contributed by atoms with Gasteiger partial charge < -0.3 is 14.6 Å². The van der Waals surface area contributed by atoms with Crippen molar-refractivity contribution in [3.05, 3.63) is 48.0 Å². The number of rotatable bonds is 5. The zero-order valence-electron chi connectivity index (χ0n) is 13.7. The summed E-state index contributed by atoms with van der Waals surface area (Å²) < 4.78 is 37.5. The number of carboxylic acids is 1. The van der Waals surface area contributed by atoms with Crippen LogP contribution in [-0.4, -0.2) is 39.8 Å². The molecule has 25 heavy (non-hydrogen) atoms. The number of fused-ring (bicyclic) bond motifs is 1. The monoisotopic (exact) mass is 363 g/mol. The Balaban J connectivity index is 2.14. The number of aliphatic carboxylic acids is 1. The molecule has 132 valence electrons. The van der Waals surface area contributed by atoms with E-state index < -0.39 is 22.0 Å². The third-order valence-corrected chi connectivity index (χ3v) is 5.94. The number of para-hydroxylation sites is 1. The van der Waals surface area contributed by atoms with Gasteiger partial charge in [0, 0.05) is 12.5 Å². The van der Waals surface area contributed by atoms with Crippen molar-refractivity contribution in [1.82, 2.24) is 0 Å². The number of hydrogen-bond donors (Lipinski definition) is 1. The summed E-state index contributed by atoms with van der Waals surface area (Å²) in [4.78, 5) is 11.6. The fraction of sp³-hybridized carbons (Fsp3) is 0.235. The number of carboxylic acid groups (broad SMARTS) is 1. The molecular formula is C17H17NO6S. The van der Waals surface area contributed by atoms with Gasteiger partial charge in [-0.05, 0) is 23.8 Å². The molecule has 0 saturated carbocycles. The highest BCUT2D eigenvalue weighted by atomic mass is 32.2. The normalized spacial score (nSPS) is 16.4. The lowest BCUT2D eigenvalue weighted by atomic mass is 10.1. The second-order valence-electron chi connectivity index (χ2n) is 5.50. The molecule has 1 aliphatic rings. The molecule has 0 fully saturated rings. The van der Waals surface area contributed by atoms with Crippen LogP contribution in [0.3, 0.4) is 0 Å². The average molecular weight is 363 g/mol. The van der Waals surface area contributed by atoms with E-state index in [-0.39, 0.29) is 17.1 Å². The highest BCUT2D eigenvalue weighted by molar-refractivity contribution is 7.93. The van der Waals surface area contributed by atoms with Gasteiger partial charge in [-0.2, -0.15) is 0 Å². The molecule has 0 saturated heterocycles. The Morgan fingerprint density at radius 2 is 1.80 bits per heavy atom. The number of hydrogen-bond acceptors (Lipinski definition) is 5. The molecule has 0 spiro atoms. The van der Waals surface area contributed by atoms with Gasteiger partial charge in [0.2, 0.25) is 0 Å². The van der Waals surface area contributed by atoms with Crippen LogP contribution in [0.4, 0.5) is 5.69 Å². The first-order chi connectivity index (χ1) is 11.9. The second-order valence-corrected chi connectivity index (χ2v) is 7.32. The summed E-state index contributed by atoms with van der Waals surface area (Å²) in [5, 5.41) is 9.50. The van der Waals surface area contributed by atoms with Crippen LogP contribution >= 0.6 is 0 Å². The highest BCUT2D eigenvalue weighted by Crippen LogP contribution is 2.38. The average Bonchev–Trinajstić information content (AvgIpc) is 3.01. The Hall–Kier alpha value is -2.74. The zero-order valence-corrected chi connectivity index (χ0v) is 14.5. The molecule has 0 radical (unpaired) electrons. The third kappa shape index (κ3) is 2.78. The minimum atomic E-state index is -4.09. The van der Waals surface area contributed by atoms with Crippen LogP contribution in [-0.2, 0) is 21.2 Å². The van der Waals surface area contributed by atoms with Gasteiger partial charge >= 0.3 is 5.97 Å². The van der Waals surface area contributed by atoms with Crippen LogP contribution in [0.5, 0.6) is 11.5 Å². The summed E-state index contributed by atoms with van der Waals surface area (Å²) in [5.41, 5.74) is 1.06. The Bertz CT molecular complexity index is 924. The molecule has 0 aliphatic carbocycles. The van der Waals surface area contributed by atoms with Gasteiger partial charge in [0.1, 0.15) is 6.04 Å². The van der Waals surface area contributed by atoms with Gasteiger partial charge in [0.25, 0.3) is 10.0 Å². The topological polar surface area (TPSA) is 93.1 Å². The van der Waals surface area contributed by atoms with E-state index in [2.05, 4.69) is 0 Å². The molecule has 1 aliphatic heterocycles. The van der Waals surface area contributed by atoms with Crippen molar-refractivity contribution < 1.29 is 27.8 Å². The van der Waals surface area contributed by atoms with E-state index in [1.54, 1.807) is 24.3 Å². The molecule has 0 aromatic heterocycles. The van der Waals surface area contributed by atoms with Gasteiger partial charge in [0.05, 0.1) is 24.8 Å². The first kappa shape index (κ1) is 17.1. The van der Waals surface area contributed by atoms with Gasteiger partial charge in [-0.25, -0.2) is 13.2 Å². The maximum absolute atomic E-state index is 13.1.